The maximum atomic E-state index is 5.73. The molecule has 0 aliphatic heterocycles. The van der Waals surface area contributed by atoms with Gasteiger partial charge in [-0.15, -0.1) is 0 Å². The highest BCUT2D eigenvalue weighted by Crippen LogP contribution is 2.23. The van der Waals surface area contributed by atoms with Crippen LogP contribution in [0.25, 0.3) is 0 Å². The van der Waals surface area contributed by atoms with Gasteiger partial charge in [-0.05, 0) is 56.9 Å². The zero-order chi connectivity index (χ0) is 11.4. The van der Waals surface area contributed by atoms with E-state index in [0.29, 0.717) is 6.61 Å². The van der Waals surface area contributed by atoms with Crippen molar-refractivity contribution in [2.75, 3.05) is 6.61 Å². The third-order valence-electron chi connectivity index (χ3n) is 2.59. The molecule has 1 rings (SSSR count). The SMILES string of the molecule is Cc1cc(C)c(C)c(OCCC(C)N)c1. The summed E-state index contributed by atoms with van der Waals surface area (Å²) in [6, 6.07) is 4.47. The largest absolute Gasteiger partial charge is 0.493 e. The fraction of sp³-hybridized carbons (Fsp3) is 0.538. The quantitative estimate of drug-likeness (QED) is 0.824. The highest BCUT2D eigenvalue weighted by atomic mass is 16.5. The summed E-state index contributed by atoms with van der Waals surface area (Å²) < 4.78 is 5.73. The Morgan fingerprint density at radius 1 is 1.27 bits per heavy atom. The lowest BCUT2D eigenvalue weighted by Crippen LogP contribution is -2.18. The average Bonchev–Trinajstić information content (AvgIpc) is 2.12. The molecule has 0 fully saturated rings. The number of aryl methyl sites for hydroxylation is 2. The fourth-order valence-corrected chi connectivity index (χ4v) is 1.51. The highest BCUT2D eigenvalue weighted by Gasteiger charge is 2.04. The number of hydrogen-bond acceptors (Lipinski definition) is 2. The van der Waals surface area contributed by atoms with Gasteiger partial charge in [0.15, 0.2) is 0 Å². The Hall–Kier alpha value is -1.02. The Morgan fingerprint density at radius 2 is 1.93 bits per heavy atom. The van der Waals surface area contributed by atoms with E-state index in [4.69, 9.17) is 10.5 Å². The van der Waals surface area contributed by atoms with Crippen LogP contribution in [-0.2, 0) is 0 Å². The van der Waals surface area contributed by atoms with Crippen molar-refractivity contribution in [1.29, 1.82) is 0 Å². The standard InChI is InChI=1S/C13H21NO/c1-9-7-10(2)12(4)13(8-9)15-6-5-11(3)14/h7-8,11H,5-6,14H2,1-4H3. The summed E-state index contributed by atoms with van der Waals surface area (Å²) in [5.74, 6) is 0.994. The highest BCUT2D eigenvalue weighted by molar-refractivity contribution is 5.41. The molecule has 0 aliphatic rings. The van der Waals surface area contributed by atoms with Crippen molar-refractivity contribution < 1.29 is 4.74 Å². The van der Waals surface area contributed by atoms with Gasteiger partial charge in [-0.1, -0.05) is 6.07 Å². The second-order valence-corrected chi connectivity index (χ2v) is 4.32. The van der Waals surface area contributed by atoms with Crippen molar-refractivity contribution >= 4 is 0 Å². The van der Waals surface area contributed by atoms with Crippen LogP contribution in [0, 0.1) is 20.8 Å². The van der Waals surface area contributed by atoms with Crippen LogP contribution in [0.1, 0.15) is 30.0 Å². The van der Waals surface area contributed by atoms with Gasteiger partial charge in [0.1, 0.15) is 5.75 Å². The summed E-state index contributed by atoms with van der Waals surface area (Å²) in [7, 11) is 0. The minimum absolute atomic E-state index is 0.205. The molecule has 1 aromatic rings. The second kappa shape index (κ2) is 5.17. The van der Waals surface area contributed by atoms with Gasteiger partial charge in [0.2, 0.25) is 0 Å². The van der Waals surface area contributed by atoms with Gasteiger partial charge in [0, 0.05) is 6.04 Å². The van der Waals surface area contributed by atoms with Crippen LogP contribution in [0.3, 0.4) is 0 Å². The van der Waals surface area contributed by atoms with Gasteiger partial charge in [-0.25, -0.2) is 0 Å². The zero-order valence-electron chi connectivity index (χ0n) is 10.1. The number of nitrogens with two attached hydrogens (primary N) is 1. The molecule has 0 heterocycles. The number of ether oxygens (including phenoxy) is 1. The van der Waals surface area contributed by atoms with E-state index in [1.54, 1.807) is 0 Å². The van der Waals surface area contributed by atoms with Crippen LogP contribution < -0.4 is 10.5 Å². The Labute approximate surface area is 92.4 Å². The molecular formula is C13H21NO. The summed E-state index contributed by atoms with van der Waals surface area (Å²) in [6.45, 7) is 8.99. The van der Waals surface area contributed by atoms with Gasteiger partial charge in [-0.3, -0.25) is 0 Å². The first-order chi connectivity index (χ1) is 7.00. The van der Waals surface area contributed by atoms with Gasteiger partial charge in [-0.2, -0.15) is 0 Å². The van der Waals surface area contributed by atoms with Crippen molar-refractivity contribution in [2.45, 2.75) is 40.2 Å². The summed E-state index contributed by atoms with van der Waals surface area (Å²) in [5.41, 5.74) is 9.43. The first kappa shape index (κ1) is 12.1. The maximum Gasteiger partial charge on any atom is 0.122 e. The van der Waals surface area contributed by atoms with Crippen molar-refractivity contribution in [3.63, 3.8) is 0 Å². The van der Waals surface area contributed by atoms with E-state index in [2.05, 4.69) is 32.9 Å². The zero-order valence-corrected chi connectivity index (χ0v) is 10.1. The van der Waals surface area contributed by atoms with Crippen LogP contribution in [0.15, 0.2) is 12.1 Å². The smallest absolute Gasteiger partial charge is 0.122 e. The topological polar surface area (TPSA) is 35.2 Å². The monoisotopic (exact) mass is 207 g/mol. The molecule has 0 spiro atoms. The van der Waals surface area contributed by atoms with E-state index in [1.807, 2.05) is 6.92 Å². The minimum atomic E-state index is 0.205. The molecule has 2 nitrogen and oxygen atoms in total. The van der Waals surface area contributed by atoms with E-state index >= 15 is 0 Å². The molecular weight excluding hydrogens is 186 g/mol. The summed E-state index contributed by atoms with van der Waals surface area (Å²) in [5, 5.41) is 0. The lowest BCUT2D eigenvalue weighted by molar-refractivity contribution is 0.299. The van der Waals surface area contributed by atoms with E-state index in [0.717, 1.165) is 12.2 Å². The van der Waals surface area contributed by atoms with Gasteiger partial charge in [0.25, 0.3) is 0 Å². The Kier molecular flexibility index (Phi) is 4.15. The van der Waals surface area contributed by atoms with Crippen molar-refractivity contribution in [1.82, 2.24) is 0 Å². The Bertz CT molecular complexity index is 332. The second-order valence-electron chi connectivity index (χ2n) is 4.32. The molecule has 0 aromatic heterocycles. The third-order valence-corrected chi connectivity index (χ3v) is 2.59. The van der Waals surface area contributed by atoms with Crippen LogP contribution >= 0.6 is 0 Å². The summed E-state index contributed by atoms with van der Waals surface area (Å²) >= 11 is 0. The van der Waals surface area contributed by atoms with Crippen LogP contribution in [0.4, 0.5) is 0 Å². The molecule has 0 saturated heterocycles. The Morgan fingerprint density at radius 3 is 2.53 bits per heavy atom. The van der Waals surface area contributed by atoms with E-state index in [9.17, 15) is 0 Å². The van der Waals surface area contributed by atoms with Crippen molar-refractivity contribution in [2.24, 2.45) is 5.73 Å². The first-order valence-electron chi connectivity index (χ1n) is 5.47. The molecule has 84 valence electrons. The molecule has 0 bridgehead atoms. The fourth-order valence-electron chi connectivity index (χ4n) is 1.51. The molecule has 0 radical (unpaired) electrons. The van der Waals surface area contributed by atoms with Crippen LogP contribution in [0.2, 0.25) is 0 Å². The maximum absolute atomic E-state index is 5.73. The van der Waals surface area contributed by atoms with E-state index < -0.39 is 0 Å². The van der Waals surface area contributed by atoms with Crippen molar-refractivity contribution in [3.8, 4) is 5.75 Å². The molecule has 0 saturated carbocycles. The molecule has 0 amide bonds. The molecule has 1 aromatic carbocycles. The van der Waals surface area contributed by atoms with Crippen molar-refractivity contribution in [3.05, 3.63) is 28.8 Å². The first-order valence-corrected chi connectivity index (χ1v) is 5.47. The van der Waals surface area contributed by atoms with Gasteiger partial charge < -0.3 is 10.5 Å². The van der Waals surface area contributed by atoms with Crippen LogP contribution in [-0.4, -0.2) is 12.6 Å². The summed E-state index contributed by atoms with van der Waals surface area (Å²) in [4.78, 5) is 0. The lowest BCUT2D eigenvalue weighted by atomic mass is 10.1. The lowest BCUT2D eigenvalue weighted by Gasteiger charge is -2.13. The van der Waals surface area contributed by atoms with E-state index in [1.165, 1.54) is 16.7 Å². The number of hydrogen-bond donors (Lipinski definition) is 1. The van der Waals surface area contributed by atoms with Crippen LogP contribution in [0.5, 0.6) is 5.75 Å². The Balaban J connectivity index is 2.68. The van der Waals surface area contributed by atoms with E-state index in [-0.39, 0.29) is 6.04 Å². The molecule has 0 aliphatic carbocycles. The number of benzene rings is 1. The minimum Gasteiger partial charge on any atom is -0.493 e. The summed E-state index contributed by atoms with van der Waals surface area (Å²) in [6.07, 6.45) is 0.895. The van der Waals surface area contributed by atoms with Gasteiger partial charge >= 0.3 is 0 Å². The molecule has 2 heteroatoms. The number of rotatable bonds is 4. The molecule has 1 unspecified atom stereocenters. The third kappa shape index (κ3) is 3.56. The molecule has 1 atom stereocenters. The molecule has 15 heavy (non-hydrogen) atoms. The normalized spacial score (nSPS) is 12.6. The van der Waals surface area contributed by atoms with Gasteiger partial charge in [0.05, 0.1) is 6.61 Å². The average molecular weight is 207 g/mol. The predicted octanol–water partition coefficient (Wildman–Crippen LogP) is 2.73. The predicted molar refractivity (Wildman–Crippen MR) is 64.4 cm³/mol. The molecule has 2 N–H and O–H groups in total.